The molecule has 0 radical (unpaired) electrons. The summed E-state index contributed by atoms with van der Waals surface area (Å²) in [5, 5.41) is 8.31. The van der Waals surface area contributed by atoms with Crippen molar-refractivity contribution in [2.75, 3.05) is 12.9 Å². The minimum absolute atomic E-state index is 0.407. The molecular weight excluding hydrogens is 188 g/mol. The fourth-order valence-corrected chi connectivity index (χ4v) is 2.54. The van der Waals surface area contributed by atoms with E-state index in [0.29, 0.717) is 17.7 Å². The molecular formula is C8H12N2O2S. The second-order valence-electron chi connectivity index (χ2n) is 2.97. The van der Waals surface area contributed by atoms with E-state index in [0.717, 1.165) is 12.3 Å². The monoisotopic (exact) mass is 200 g/mol. The molecule has 2 rings (SSSR count). The third-order valence-electron chi connectivity index (χ3n) is 1.96. The van der Waals surface area contributed by atoms with E-state index in [9.17, 15) is 0 Å². The van der Waals surface area contributed by atoms with Crippen molar-refractivity contribution < 1.29 is 9.15 Å². The highest BCUT2D eigenvalue weighted by Crippen LogP contribution is 2.38. The van der Waals surface area contributed by atoms with E-state index in [1.807, 2.05) is 11.8 Å². The molecule has 0 N–H and O–H groups in total. The number of rotatable bonds is 3. The Balaban J connectivity index is 2.03. The minimum atomic E-state index is 0.407. The molecule has 13 heavy (non-hydrogen) atoms. The first-order valence-corrected chi connectivity index (χ1v) is 5.38. The summed E-state index contributed by atoms with van der Waals surface area (Å²) in [7, 11) is 1.62. The predicted octanol–water partition coefficient (Wildman–Crippen LogP) is 1.78. The van der Waals surface area contributed by atoms with Gasteiger partial charge in [0.2, 0.25) is 11.8 Å². The highest BCUT2D eigenvalue weighted by atomic mass is 32.2. The summed E-state index contributed by atoms with van der Waals surface area (Å²) in [5.74, 6) is 2.53. The van der Waals surface area contributed by atoms with Gasteiger partial charge in [0.1, 0.15) is 6.61 Å². The van der Waals surface area contributed by atoms with Crippen molar-refractivity contribution in [2.45, 2.75) is 24.7 Å². The van der Waals surface area contributed by atoms with Gasteiger partial charge >= 0.3 is 0 Å². The van der Waals surface area contributed by atoms with Gasteiger partial charge in [-0.1, -0.05) is 0 Å². The SMILES string of the molecule is COCc1nnc(C2CCCS2)o1. The molecule has 1 unspecified atom stereocenters. The third-order valence-corrected chi connectivity index (χ3v) is 3.32. The smallest absolute Gasteiger partial charge is 0.242 e. The molecule has 0 spiro atoms. The van der Waals surface area contributed by atoms with Gasteiger partial charge in [0.15, 0.2) is 0 Å². The molecule has 1 atom stereocenters. The molecule has 1 aromatic rings. The summed E-state index contributed by atoms with van der Waals surface area (Å²) in [6.07, 6.45) is 2.40. The van der Waals surface area contributed by atoms with Crippen LogP contribution in [0.4, 0.5) is 0 Å². The molecule has 1 aromatic heterocycles. The lowest BCUT2D eigenvalue weighted by Crippen LogP contribution is -1.87. The second kappa shape index (κ2) is 4.11. The Labute approximate surface area is 81.1 Å². The minimum Gasteiger partial charge on any atom is -0.422 e. The van der Waals surface area contributed by atoms with Crippen LogP contribution in [0.1, 0.15) is 29.9 Å². The maximum Gasteiger partial charge on any atom is 0.242 e. The molecule has 0 bridgehead atoms. The van der Waals surface area contributed by atoms with Crippen molar-refractivity contribution in [2.24, 2.45) is 0 Å². The molecule has 1 saturated heterocycles. The maximum absolute atomic E-state index is 5.44. The topological polar surface area (TPSA) is 48.2 Å². The number of hydrogen-bond acceptors (Lipinski definition) is 5. The van der Waals surface area contributed by atoms with Crippen molar-refractivity contribution in [1.82, 2.24) is 10.2 Å². The van der Waals surface area contributed by atoms with E-state index in [2.05, 4.69) is 10.2 Å². The van der Waals surface area contributed by atoms with Gasteiger partial charge in [0, 0.05) is 7.11 Å². The van der Waals surface area contributed by atoms with Crippen LogP contribution >= 0.6 is 11.8 Å². The van der Waals surface area contributed by atoms with E-state index in [-0.39, 0.29) is 0 Å². The number of methoxy groups -OCH3 is 1. The van der Waals surface area contributed by atoms with Crippen molar-refractivity contribution in [3.05, 3.63) is 11.8 Å². The standard InChI is InChI=1S/C8H12N2O2S/c1-11-5-7-9-10-8(12-7)6-3-2-4-13-6/h6H,2-5H2,1H3. The highest BCUT2D eigenvalue weighted by Gasteiger charge is 2.23. The van der Waals surface area contributed by atoms with Gasteiger partial charge in [-0.3, -0.25) is 0 Å². The number of hydrogen-bond donors (Lipinski definition) is 0. The first kappa shape index (κ1) is 9.02. The molecule has 1 fully saturated rings. The Morgan fingerprint density at radius 2 is 2.54 bits per heavy atom. The summed E-state index contributed by atoms with van der Waals surface area (Å²) in [5.41, 5.74) is 0. The Kier molecular flexibility index (Phi) is 2.85. The van der Waals surface area contributed by atoms with Crippen LogP contribution in [0.5, 0.6) is 0 Å². The zero-order chi connectivity index (χ0) is 9.10. The first-order valence-electron chi connectivity index (χ1n) is 4.33. The zero-order valence-electron chi connectivity index (χ0n) is 7.52. The van der Waals surface area contributed by atoms with Gasteiger partial charge in [-0.15, -0.1) is 22.0 Å². The van der Waals surface area contributed by atoms with Crippen LogP contribution in [0.25, 0.3) is 0 Å². The number of thioether (sulfide) groups is 1. The van der Waals surface area contributed by atoms with Crippen molar-refractivity contribution in [1.29, 1.82) is 0 Å². The first-order chi connectivity index (χ1) is 6.40. The number of ether oxygens (including phenoxy) is 1. The molecule has 0 amide bonds. The fraction of sp³-hybridized carbons (Fsp3) is 0.750. The van der Waals surface area contributed by atoms with Crippen LogP contribution in [-0.2, 0) is 11.3 Å². The van der Waals surface area contributed by atoms with Crippen molar-refractivity contribution in [3.63, 3.8) is 0 Å². The van der Waals surface area contributed by atoms with E-state index < -0.39 is 0 Å². The van der Waals surface area contributed by atoms with Crippen molar-refractivity contribution in [3.8, 4) is 0 Å². The molecule has 5 heteroatoms. The molecule has 0 aliphatic carbocycles. The lowest BCUT2D eigenvalue weighted by molar-refractivity contribution is 0.158. The van der Waals surface area contributed by atoms with Crippen LogP contribution in [0.3, 0.4) is 0 Å². The molecule has 1 aliphatic heterocycles. The highest BCUT2D eigenvalue weighted by molar-refractivity contribution is 7.99. The third kappa shape index (κ3) is 2.03. The summed E-state index contributed by atoms with van der Waals surface area (Å²) in [6.45, 7) is 0.407. The maximum atomic E-state index is 5.44. The summed E-state index contributed by atoms with van der Waals surface area (Å²) >= 11 is 1.89. The largest absolute Gasteiger partial charge is 0.422 e. The van der Waals surface area contributed by atoms with Gasteiger partial charge in [0.05, 0.1) is 5.25 Å². The van der Waals surface area contributed by atoms with Gasteiger partial charge in [-0.05, 0) is 18.6 Å². The predicted molar refractivity (Wildman–Crippen MR) is 49.4 cm³/mol. The molecule has 0 aromatic carbocycles. The van der Waals surface area contributed by atoms with Gasteiger partial charge in [-0.25, -0.2) is 0 Å². The van der Waals surface area contributed by atoms with Crippen molar-refractivity contribution >= 4 is 11.8 Å². The normalized spacial score (nSPS) is 22.4. The lowest BCUT2D eigenvalue weighted by Gasteiger charge is -1.99. The van der Waals surface area contributed by atoms with E-state index in [1.165, 1.54) is 12.2 Å². The Morgan fingerprint density at radius 3 is 3.23 bits per heavy atom. The molecule has 4 nitrogen and oxygen atoms in total. The Hall–Kier alpha value is -0.550. The van der Waals surface area contributed by atoms with Gasteiger partial charge < -0.3 is 9.15 Å². The van der Waals surface area contributed by atoms with Crippen LogP contribution in [-0.4, -0.2) is 23.1 Å². The van der Waals surface area contributed by atoms with Crippen LogP contribution in [0.15, 0.2) is 4.42 Å². The van der Waals surface area contributed by atoms with Crippen LogP contribution in [0, 0.1) is 0 Å². The average Bonchev–Trinajstić information content (AvgIpc) is 2.70. The molecule has 0 saturated carbocycles. The molecule has 2 heterocycles. The van der Waals surface area contributed by atoms with Crippen LogP contribution in [0.2, 0.25) is 0 Å². The van der Waals surface area contributed by atoms with E-state index in [4.69, 9.17) is 9.15 Å². The second-order valence-corrected chi connectivity index (χ2v) is 4.28. The Bertz CT molecular complexity index is 271. The van der Waals surface area contributed by atoms with E-state index >= 15 is 0 Å². The molecule has 1 aliphatic rings. The quantitative estimate of drug-likeness (QED) is 0.744. The fourth-order valence-electron chi connectivity index (χ4n) is 1.35. The van der Waals surface area contributed by atoms with E-state index in [1.54, 1.807) is 7.11 Å². The van der Waals surface area contributed by atoms with Gasteiger partial charge in [-0.2, -0.15) is 0 Å². The zero-order valence-corrected chi connectivity index (χ0v) is 8.34. The summed E-state index contributed by atoms with van der Waals surface area (Å²) in [6, 6.07) is 0. The summed E-state index contributed by atoms with van der Waals surface area (Å²) < 4.78 is 10.3. The number of nitrogens with zero attached hydrogens (tertiary/aromatic N) is 2. The summed E-state index contributed by atoms with van der Waals surface area (Å²) in [4.78, 5) is 0. The lowest BCUT2D eigenvalue weighted by atomic mass is 10.2. The van der Waals surface area contributed by atoms with Gasteiger partial charge in [0.25, 0.3) is 0 Å². The molecule has 72 valence electrons. The Morgan fingerprint density at radius 1 is 1.62 bits per heavy atom. The number of aromatic nitrogens is 2. The average molecular weight is 200 g/mol. The van der Waals surface area contributed by atoms with Crippen LogP contribution < -0.4 is 0 Å².